The Morgan fingerprint density at radius 2 is 1.88 bits per heavy atom. The van der Waals surface area contributed by atoms with E-state index in [4.69, 9.17) is 9.84 Å². The van der Waals surface area contributed by atoms with Gasteiger partial charge in [-0.15, -0.1) is 0 Å². The number of carboxylic acids is 1. The number of hydrogen-bond donors (Lipinski definition) is 1. The van der Waals surface area contributed by atoms with Gasteiger partial charge >= 0.3 is 5.97 Å². The summed E-state index contributed by atoms with van der Waals surface area (Å²) in [5.74, 6) is -1.39. The quantitative estimate of drug-likeness (QED) is 0.798. The monoisotopic (exact) mass is 256 g/mol. The van der Waals surface area contributed by atoms with Gasteiger partial charge in [0.2, 0.25) is 0 Å². The molecule has 0 aliphatic heterocycles. The standard InChI is InChI=1S/C11H12O5S/c1-8(11(12)13)7-17(14,15)10-5-3-9(16-2)4-6-10/h3-6H,1,7H2,2H3,(H,12,13). The number of ether oxygens (including phenoxy) is 1. The van der Waals surface area contributed by atoms with Crippen LogP contribution in [0.1, 0.15) is 0 Å². The third-order valence-electron chi connectivity index (χ3n) is 2.09. The molecule has 5 nitrogen and oxygen atoms in total. The summed E-state index contributed by atoms with van der Waals surface area (Å²) in [5, 5.41) is 8.59. The van der Waals surface area contributed by atoms with Gasteiger partial charge in [0.15, 0.2) is 9.84 Å². The molecule has 0 amide bonds. The van der Waals surface area contributed by atoms with Gasteiger partial charge in [-0.2, -0.15) is 0 Å². The Kier molecular flexibility index (Phi) is 3.90. The summed E-state index contributed by atoms with van der Waals surface area (Å²) in [4.78, 5) is 10.6. The Morgan fingerprint density at radius 1 is 1.35 bits per heavy atom. The topological polar surface area (TPSA) is 80.7 Å². The summed E-state index contributed by atoms with van der Waals surface area (Å²) in [6.07, 6.45) is 0. The van der Waals surface area contributed by atoms with E-state index in [1.165, 1.54) is 31.4 Å². The van der Waals surface area contributed by atoms with Crippen LogP contribution in [0.4, 0.5) is 0 Å². The molecule has 1 N–H and O–H groups in total. The molecule has 6 heteroatoms. The Bertz CT molecular complexity index is 527. The molecule has 0 atom stereocenters. The molecule has 1 aromatic rings. The van der Waals surface area contributed by atoms with Gasteiger partial charge in [-0.25, -0.2) is 13.2 Å². The highest BCUT2D eigenvalue weighted by Crippen LogP contribution is 2.17. The number of aliphatic carboxylic acids is 1. The van der Waals surface area contributed by atoms with E-state index in [-0.39, 0.29) is 10.5 Å². The van der Waals surface area contributed by atoms with E-state index < -0.39 is 21.6 Å². The minimum absolute atomic E-state index is 0.0423. The predicted molar refractivity (Wildman–Crippen MR) is 61.8 cm³/mol. The second-order valence-electron chi connectivity index (χ2n) is 3.34. The first-order valence-corrected chi connectivity index (χ1v) is 6.30. The zero-order chi connectivity index (χ0) is 13.1. The lowest BCUT2D eigenvalue weighted by Crippen LogP contribution is -2.13. The molecule has 0 unspecified atom stereocenters. The van der Waals surface area contributed by atoms with E-state index in [9.17, 15) is 13.2 Å². The van der Waals surface area contributed by atoms with Crippen LogP contribution in [0.15, 0.2) is 41.3 Å². The summed E-state index contributed by atoms with van der Waals surface area (Å²) in [6, 6.07) is 5.72. The largest absolute Gasteiger partial charge is 0.497 e. The zero-order valence-electron chi connectivity index (χ0n) is 9.21. The van der Waals surface area contributed by atoms with Crippen molar-refractivity contribution in [3.05, 3.63) is 36.4 Å². The second kappa shape index (κ2) is 5.01. The molecule has 0 heterocycles. The summed E-state index contributed by atoms with van der Waals surface area (Å²) in [6.45, 7) is 3.20. The third-order valence-corrected chi connectivity index (χ3v) is 3.80. The Labute approximate surface area is 99.3 Å². The molecule has 0 saturated carbocycles. The van der Waals surface area contributed by atoms with Gasteiger partial charge in [-0.1, -0.05) is 6.58 Å². The fourth-order valence-corrected chi connectivity index (χ4v) is 2.46. The second-order valence-corrected chi connectivity index (χ2v) is 5.33. The van der Waals surface area contributed by atoms with Gasteiger partial charge in [-0.05, 0) is 24.3 Å². The summed E-state index contributed by atoms with van der Waals surface area (Å²) in [5.41, 5.74) is -0.360. The Balaban J connectivity index is 2.97. The molecule has 92 valence electrons. The van der Waals surface area contributed by atoms with E-state index in [1.54, 1.807) is 0 Å². The molecule has 17 heavy (non-hydrogen) atoms. The molecular weight excluding hydrogens is 244 g/mol. The molecule has 0 spiro atoms. The van der Waals surface area contributed by atoms with Crippen LogP contribution in [0.2, 0.25) is 0 Å². The zero-order valence-corrected chi connectivity index (χ0v) is 10.0. The number of carboxylic acid groups (broad SMARTS) is 1. The highest BCUT2D eigenvalue weighted by atomic mass is 32.2. The molecule has 0 radical (unpaired) electrons. The fraction of sp³-hybridized carbons (Fsp3) is 0.182. The van der Waals surface area contributed by atoms with Crippen molar-refractivity contribution in [2.45, 2.75) is 4.90 Å². The van der Waals surface area contributed by atoms with Crippen molar-refractivity contribution in [3.8, 4) is 5.75 Å². The number of sulfone groups is 1. The molecule has 0 fully saturated rings. The van der Waals surface area contributed by atoms with Gasteiger partial charge in [0.1, 0.15) is 5.75 Å². The van der Waals surface area contributed by atoms with Gasteiger partial charge in [0, 0.05) is 5.57 Å². The molecule has 0 aliphatic rings. The lowest BCUT2D eigenvalue weighted by atomic mass is 10.3. The van der Waals surface area contributed by atoms with Crippen LogP contribution in [0.5, 0.6) is 5.75 Å². The van der Waals surface area contributed by atoms with Crippen LogP contribution in [0, 0.1) is 0 Å². The predicted octanol–water partition coefficient (Wildman–Crippen LogP) is 1.11. The van der Waals surface area contributed by atoms with E-state index in [1.807, 2.05) is 0 Å². The van der Waals surface area contributed by atoms with Crippen molar-refractivity contribution >= 4 is 15.8 Å². The minimum Gasteiger partial charge on any atom is -0.497 e. The Hall–Kier alpha value is -1.82. The lowest BCUT2D eigenvalue weighted by molar-refractivity contribution is -0.132. The van der Waals surface area contributed by atoms with Gasteiger partial charge < -0.3 is 9.84 Å². The average molecular weight is 256 g/mol. The number of carbonyl (C=O) groups is 1. The SMILES string of the molecule is C=C(CS(=O)(=O)c1ccc(OC)cc1)C(=O)O. The molecule has 0 aliphatic carbocycles. The first-order valence-electron chi connectivity index (χ1n) is 4.64. The van der Waals surface area contributed by atoms with Crippen molar-refractivity contribution in [1.29, 1.82) is 0 Å². The first kappa shape index (κ1) is 13.2. The maximum Gasteiger partial charge on any atom is 0.332 e. The summed E-state index contributed by atoms with van der Waals surface area (Å²) in [7, 11) is -2.20. The maximum atomic E-state index is 11.8. The number of benzene rings is 1. The Morgan fingerprint density at radius 3 is 2.29 bits per heavy atom. The van der Waals surface area contributed by atoms with E-state index >= 15 is 0 Å². The maximum absolute atomic E-state index is 11.8. The first-order chi connectivity index (χ1) is 7.86. The molecule has 1 rings (SSSR count). The van der Waals surface area contributed by atoms with E-state index in [0.717, 1.165) is 0 Å². The van der Waals surface area contributed by atoms with Crippen molar-refractivity contribution in [2.75, 3.05) is 12.9 Å². The number of rotatable bonds is 5. The average Bonchev–Trinajstić information content (AvgIpc) is 2.28. The summed E-state index contributed by atoms with van der Waals surface area (Å²) >= 11 is 0. The van der Waals surface area contributed by atoms with Crippen LogP contribution in [0.25, 0.3) is 0 Å². The molecule has 0 saturated heterocycles. The molecular formula is C11H12O5S. The highest BCUT2D eigenvalue weighted by molar-refractivity contribution is 7.91. The van der Waals surface area contributed by atoms with Gasteiger partial charge in [-0.3, -0.25) is 0 Å². The fourth-order valence-electron chi connectivity index (χ4n) is 1.16. The van der Waals surface area contributed by atoms with Crippen molar-refractivity contribution < 1.29 is 23.1 Å². The number of hydrogen-bond acceptors (Lipinski definition) is 4. The highest BCUT2D eigenvalue weighted by Gasteiger charge is 2.19. The van der Waals surface area contributed by atoms with Crippen LogP contribution in [0.3, 0.4) is 0 Å². The normalized spacial score (nSPS) is 10.9. The van der Waals surface area contributed by atoms with Crippen LogP contribution >= 0.6 is 0 Å². The number of methoxy groups -OCH3 is 1. The molecule has 0 aromatic heterocycles. The third kappa shape index (κ3) is 3.32. The smallest absolute Gasteiger partial charge is 0.332 e. The van der Waals surface area contributed by atoms with Crippen molar-refractivity contribution in [1.82, 2.24) is 0 Å². The van der Waals surface area contributed by atoms with Crippen molar-refractivity contribution in [3.63, 3.8) is 0 Å². The van der Waals surface area contributed by atoms with Gasteiger partial charge in [0.25, 0.3) is 0 Å². The van der Waals surface area contributed by atoms with E-state index in [2.05, 4.69) is 6.58 Å². The molecule has 1 aromatic carbocycles. The van der Waals surface area contributed by atoms with Crippen molar-refractivity contribution in [2.24, 2.45) is 0 Å². The van der Waals surface area contributed by atoms with Crippen LogP contribution in [-0.2, 0) is 14.6 Å². The van der Waals surface area contributed by atoms with Gasteiger partial charge in [0.05, 0.1) is 17.8 Å². The lowest BCUT2D eigenvalue weighted by Gasteiger charge is -2.05. The summed E-state index contributed by atoms with van der Waals surface area (Å²) < 4.78 is 28.5. The molecule has 0 bridgehead atoms. The minimum atomic E-state index is -3.67. The van der Waals surface area contributed by atoms with E-state index in [0.29, 0.717) is 5.75 Å². The van der Waals surface area contributed by atoms with Crippen LogP contribution in [-0.4, -0.2) is 32.4 Å². The van der Waals surface area contributed by atoms with Crippen LogP contribution < -0.4 is 4.74 Å².